The highest BCUT2D eigenvalue weighted by atomic mass is 16.2. The molecule has 0 bridgehead atoms. The molecule has 0 aromatic heterocycles. The third kappa shape index (κ3) is 6.30. The minimum absolute atomic E-state index is 0.305. The van der Waals surface area contributed by atoms with Gasteiger partial charge in [0.25, 0.3) is 0 Å². The summed E-state index contributed by atoms with van der Waals surface area (Å²) in [5, 5.41) is 6.73. The molecule has 1 aliphatic carbocycles. The van der Waals surface area contributed by atoms with Gasteiger partial charge in [0.15, 0.2) is 5.96 Å². The molecule has 6 nitrogen and oxygen atoms in total. The Morgan fingerprint density at radius 3 is 2.75 bits per heavy atom. The number of carbonyl (C=O) groups is 1. The van der Waals surface area contributed by atoms with E-state index in [2.05, 4.69) is 34.5 Å². The Hall–Kier alpha value is -1.30. The first-order valence-electron chi connectivity index (χ1n) is 9.71. The molecular weight excluding hydrogens is 302 g/mol. The predicted octanol–water partition coefficient (Wildman–Crippen LogP) is 1.43. The van der Waals surface area contributed by atoms with Crippen LogP contribution in [0.25, 0.3) is 0 Å². The summed E-state index contributed by atoms with van der Waals surface area (Å²) >= 11 is 0. The molecule has 0 radical (unpaired) electrons. The van der Waals surface area contributed by atoms with Crippen molar-refractivity contribution < 1.29 is 4.79 Å². The van der Waals surface area contributed by atoms with Crippen LogP contribution in [-0.2, 0) is 4.79 Å². The van der Waals surface area contributed by atoms with E-state index < -0.39 is 0 Å². The number of likely N-dealkylation sites (N-methyl/N-ethyl adjacent to an activating group) is 1. The summed E-state index contributed by atoms with van der Waals surface area (Å²) in [6.45, 7) is 7.46. The van der Waals surface area contributed by atoms with Crippen LogP contribution < -0.4 is 10.6 Å². The second-order valence-corrected chi connectivity index (χ2v) is 6.94. The Bertz CT molecular complexity index is 406. The van der Waals surface area contributed by atoms with Gasteiger partial charge in [-0.3, -0.25) is 9.79 Å². The smallest absolute Gasteiger partial charge is 0.222 e. The molecular formula is C18H35N5O. The first kappa shape index (κ1) is 19.0. The summed E-state index contributed by atoms with van der Waals surface area (Å²) in [5.41, 5.74) is 0. The number of nitrogens with zero attached hydrogens (tertiary/aromatic N) is 3. The maximum atomic E-state index is 11.6. The van der Waals surface area contributed by atoms with Crippen molar-refractivity contribution in [3.63, 3.8) is 0 Å². The summed E-state index contributed by atoms with van der Waals surface area (Å²) in [4.78, 5) is 20.7. The number of rotatable bonds is 9. The van der Waals surface area contributed by atoms with Crippen LogP contribution in [0.2, 0.25) is 0 Å². The van der Waals surface area contributed by atoms with E-state index >= 15 is 0 Å². The fraction of sp³-hybridized carbons (Fsp3) is 0.889. The molecule has 1 saturated carbocycles. The van der Waals surface area contributed by atoms with Gasteiger partial charge in [0.2, 0.25) is 5.91 Å². The van der Waals surface area contributed by atoms with E-state index in [9.17, 15) is 4.79 Å². The number of guanidine groups is 1. The van der Waals surface area contributed by atoms with Crippen molar-refractivity contribution in [3.05, 3.63) is 0 Å². The molecule has 0 aromatic rings. The monoisotopic (exact) mass is 337 g/mol. The number of amides is 1. The largest absolute Gasteiger partial charge is 0.357 e. The molecule has 0 unspecified atom stereocenters. The average Bonchev–Trinajstić information content (AvgIpc) is 3.23. The first-order valence-corrected chi connectivity index (χ1v) is 9.71. The second-order valence-electron chi connectivity index (χ2n) is 6.94. The molecule has 0 spiro atoms. The topological polar surface area (TPSA) is 60.0 Å². The minimum atomic E-state index is 0.305. The van der Waals surface area contributed by atoms with Crippen LogP contribution in [0, 0.1) is 0 Å². The van der Waals surface area contributed by atoms with Crippen molar-refractivity contribution in [2.75, 3.05) is 46.3 Å². The molecule has 2 N–H and O–H groups in total. The fourth-order valence-electron chi connectivity index (χ4n) is 3.61. The van der Waals surface area contributed by atoms with E-state index in [4.69, 9.17) is 0 Å². The molecule has 2 fully saturated rings. The van der Waals surface area contributed by atoms with E-state index in [-0.39, 0.29) is 0 Å². The second kappa shape index (κ2) is 10.5. The molecule has 24 heavy (non-hydrogen) atoms. The van der Waals surface area contributed by atoms with Gasteiger partial charge in [-0.2, -0.15) is 0 Å². The van der Waals surface area contributed by atoms with Crippen LogP contribution in [0.1, 0.15) is 51.9 Å². The molecule has 0 atom stereocenters. The first-order chi connectivity index (χ1) is 11.7. The Morgan fingerprint density at radius 1 is 1.29 bits per heavy atom. The van der Waals surface area contributed by atoms with Gasteiger partial charge >= 0.3 is 0 Å². The molecule has 0 aromatic carbocycles. The highest BCUT2D eigenvalue weighted by molar-refractivity contribution is 5.79. The highest BCUT2D eigenvalue weighted by Gasteiger charge is 2.19. The van der Waals surface area contributed by atoms with Crippen LogP contribution in [-0.4, -0.2) is 74.0 Å². The van der Waals surface area contributed by atoms with E-state index in [0.29, 0.717) is 5.91 Å². The number of nitrogens with one attached hydrogen (secondary N) is 2. The molecule has 1 aliphatic heterocycles. The van der Waals surface area contributed by atoms with Gasteiger partial charge in [-0.1, -0.05) is 12.8 Å². The van der Waals surface area contributed by atoms with E-state index in [1.807, 2.05) is 4.90 Å². The van der Waals surface area contributed by atoms with Gasteiger partial charge in [0, 0.05) is 51.7 Å². The lowest BCUT2D eigenvalue weighted by Crippen LogP contribution is -2.42. The molecule has 2 rings (SSSR count). The molecule has 1 amide bonds. The maximum absolute atomic E-state index is 11.6. The third-order valence-corrected chi connectivity index (χ3v) is 5.08. The summed E-state index contributed by atoms with van der Waals surface area (Å²) < 4.78 is 0. The third-order valence-electron chi connectivity index (χ3n) is 5.08. The molecule has 138 valence electrons. The van der Waals surface area contributed by atoms with Crippen LogP contribution >= 0.6 is 0 Å². The SMILES string of the molecule is CCNC(=NCCCN1CCCC1=O)NCCN(C)C1CCCC1. The molecule has 1 saturated heterocycles. The quantitative estimate of drug-likeness (QED) is 0.380. The van der Waals surface area contributed by atoms with Gasteiger partial charge in [0.1, 0.15) is 0 Å². The van der Waals surface area contributed by atoms with E-state index in [0.717, 1.165) is 70.5 Å². The molecule has 1 heterocycles. The Kier molecular flexibility index (Phi) is 8.36. The van der Waals surface area contributed by atoms with Crippen molar-refractivity contribution in [2.24, 2.45) is 4.99 Å². The van der Waals surface area contributed by atoms with Gasteiger partial charge < -0.3 is 20.4 Å². The highest BCUT2D eigenvalue weighted by Crippen LogP contribution is 2.21. The van der Waals surface area contributed by atoms with Gasteiger partial charge in [-0.25, -0.2) is 0 Å². The normalized spacial score (nSPS) is 19.5. The number of hydrogen-bond donors (Lipinski definition) is 2. The zero-order chi connectivity index (χ0) is 17.2. The predicted molar refractivity (Wildman–Crippen MR) is 99.3 cm³/mol. The Labute approximate surface area is 147 Å². The summed E-state index contributed by atoms with van der Waals surface area (Å²) in [6.07, 6.45) is 8.13. The van der Waals surface area contributed by atoms with Crippen molar-refractivity contribution in [1.82, 2.24) is 20.4 Å². The summed E-state index contributed by atoms with van der Waals surface area (Å²) in [7, 11) is 2.23. The number of likely N-dealkylation sites (tertiary alicyclic amines) is 1. The number of hydrogen-bond acceptors (Lipinski definition) is 3. The summed E-state index contributed by atoms with van der Waals surface area (Å²) in [5.74, 6) is 1.20. The Balaban J connectivity index is 1.63. The van der Waals surface area contributed by atoms with Crippen LogP contribution in [0.15, 0.2) is 4.99 Å². The molecule has 2 aliphatic rings. The average molecular weight is 338 g/mol. The van der Waals surface area contributed by atoms with E-state index in [1.54, 1.807) is 0 Å². The van der Waals surface area contributed by atoms with Crippen LogP contribution in [0.5, 0.6) is 0 Å². The lowest BCUT2D eigenvalue weighted by molar-refractivity contribution is -0.127. The van der Waals surface area contributed by atoms with Crippen molar-refractivity contribution in [1.29, 1.82) is 0 Å². The zero-order valence-corrected chi connectivity index (χ0v) is 15.5. The zero-order valence-electron chi connectivity index (χ0n) is 15.5. The van der Waals surface area contributed by atoms with Gasteiger partial charge in [0.05, 0.1) is 0 Å². The molecule has 6 heteroatoms. The van der Waals surface area contributed by atoms with Gasteiger partial charge in [-0.05, 0) is 39.7 Å². The maximum Gasteiger partial charge on any atom is 0.222 e. The standard InChI is InChI=1S/C18H35N5O/c1-3-19-18(20-11-7-14-23-13-6-10-17(23)24)21-12-15-22(2)16-8-4-5-9-16/h16H,3-15H2,1-2H3,(H2,19,20,21). The fourth-order valence-corrected chi connectivity index (χ4v) is 3.61. The van der Waals surface area contributed by atoms with Crippen LogP contribution in [0.4, 0.5) is 0 Å². The Morgan fingerprint density at radius 2 is 2.08 bits per heavy atom. The summed E-state index contributed by atoms with van der Waals surface area (Å²) in [6, 6.07) is 0.768. The lowest BCUT2D eigenvalue weighted by Gasteiger charge is -2.24. The lowest BCUT2D eigenvalue weighted by atomic mass is 10.2. The van der Waals surface area contributed by atoms with Crippen molar-refractivity contribution in [2.45, 2.75) is 57.9 Å². The number of aliphatic imine (C=N–C) groups is 1. The van der Waals surface area contributed by atoms with Crippen LogP contribution in [0.3, 0.4) is 0 Å². The van der Waals surface area contributed by atoms with E-state index in [1.165, 1.54) is 25.7 Å². The number of carbonyl (C=O) groups excluding carboxylic acids is 1. The van der Waals surface area contributed by atoms with Gasteiger partial charge in [-0.15, -0.1) is 0 Å². The minimum Gasteiger partial charge on any atom is -0.357 e. The van der Waals surface area contributed by atoms with Crippen molar-refractivity contribution >= 4 is 11.9 Å². The van der Waals surface area contributed by atoms with Crippen molar-refractivity contribution in [3.8, 4) is 0 Å².